The predicted molar refractivity (Wildman–Crippen MR) is 73.4 cm³/mol. The number of hydrogen-bond donors (Lipinski definition) is 0. The van der Waals surface area contributed by atoms with E-state index in [0.29, 0.717) is 0 Å². The lowest BCUT2D eigenvalue weighted by atomic mass is 9.88. The zero-order valence-corrected chi connectivity index (χ0v) is 11.7. The number of nitrogens with zero attached hydrogens (tertiary/aromatic N) is 2. The van der Waals surface area contributed by atoms with Crippen LogP contribution in [0.4, 0.5) is 0 Å². The first-order valence-electron chi connectivity index (χ1n) is 6.18. The summed E-state index contributed by atoms with van der Waals surface area (Å²) in [6.45, 7) is 13.3. The van der Waals surface area contributed by atoms with Crippen molar-refractivity contribution in [3.05, 3.63) is 30.1 Å². The Hall–Kier alpha value is -1.31. The van der Waals surface area contributed by atoms with Gasteiger partial charge in [0, 0.05) is 17.9 Å². The Bertz CT molecular complexity index is 536. The molecular weight excluding hydrogens is 208 g/mol. The summed E-state index contributed by atoms with van der Waals surface area (Å²) >= 11 is 0. The molecule has 0 fully saturated rings. The van der Waals surface area contributed by atoms with Crippen molar-refractivity contribution in [2.45, 2.75) is 52.5 Å². The summed E-state index contributed by atoms with van der Waals surface area (Å²) in [5, 5.41) is 0. The zero-order valence-electron chi connectivity index (χ0n) is 11.7. The Morgan fingerprint density at radius 3 is 2.24 bits per heavy atom. The zero-order chi connectivity index (χ0) is 12.8. The molecule has 0 aromatic carbocycles. The molecule has 0 saturated heterocycles. The van der Waals surface area contributed by atoms with Gasteiger partial charge in [-0.25, -0.2) is 0 Å². The molecule has 2 nitrogen and oxygen atoms in total. The summed E-state index contributed by atoms with van der Waals surface area (Å²) in [7, 11) is 0. The number of hydrogen-bond acceptors (Lipinski definition) is 1. The second kappa shape index (κ2) is 3.59. The molecule has 0 aliphatic rings. The van der Waals surface area contributed by atoms with Crippen LogP contribution in [0.2, 0.25) is 0 Å². The molecule has 0 spiro atoms. The molecule has 0 N–H and O–H groups in total. The lowest BCUT2D eigenvalue weighted by Gasteiger charge is -2.24. The van der Waals surface area contributed by atoms with Crippen molar-refractivity contribution in [2.75, 3.05) is 0 Å². The van der Waals surface area contributed by atoms with E-state index in [-0.39, 0.29) is 11.0 Å². The van der Waals surface area contributed by atoms with Gasteiger partial charge in [0.2, 0.25) is 0 Å². The summed E-state index contributed by atoms with van der Waals surface area (Å²) in [5.74, 6) is 0. The summed E-state index contributed by atoms with van der Waals surface area (Å²) in [4.78, 5) is 4.56. The Morgan fingerprint density at radius 2 is 1.71 bits per heavy atom. The second-order valence-electron chi connectivity index (χ2n) is 6.73. The normalized spacial score (nSPS) is 13.3. The lowest BCUT2D eigenvalue weighted by molar-refractivity contribution is 0.410. The van der Waals surface area contributed by atoms with Crippen LogP contribution in [0.5, 0.6) is 0 Å². The van der Waals surface area contributed by atoms with E-state index < -0.39 is 0 Å². The van der Waals surface area contributed by atoms with Crippen molar-refractivity contribution in [2.24, 2.45) is 0 Å². The molecule has 92 valence electrons. The molecule has 17 heavy (non-hydrogen) atoms. The first-order valence-corrected chi connectivity index (χ1v) is 6.18. The van der Waals surface area contributed by atoms with E-state index in [1.54, 1.807) is 0 Å². The minimum Gasteiger partial charge on any atom is -0.341 e. The first-order chi connectivity index (χ1) is 7.69. The summed E-state index contributed by atoms with van der Waals surface area (Å²) in [6.07, 6.45) is 4.12. The van der Waals surface area contributed by atoms with Crippen LogP contribution in [0.25, 0.3) is 11.0 Å². The van der Waals surface area contributed by atoms with Gasteiger partial charge in [0.05, 0.1) is 11.0 Å². The van der Waals surface area contributed by atoms with Gasteiger partial charge in [-0.3, -0.25) is 4.98 Å². The van der Waals surface area contributed by atoms with Crippen LogP contribution in [0.3, 0.4) is 0 Å². The maximum Gasteiger partial charge on any atom is 0.0881 e. The van der Waals surface area contributed by atoms with Gasteiger partial charge in [-0.2, -0.15) is 0 Å². The van der Waals surface area contributed by atoms with Gasteiger partial charge < -0.3 is 4.57 Å². The molecule has 2 aromatic heterocycles. The summed E-state index contributed by atoms with van der Waals surface area (Å²) in [6, 6.07) is 4.36. The van der Waals surface area contributed by atoms with Gasteiger partial charge >= 0.3 is 0 Å². The highest BCUT2D eigenvalue weighted by molar-refractivity contribution is 5.76. The standard InChI is InChI=1S/C15H22N2/c1-14(2,3)11-9-13-12(16-10-11)7-8-17(13)15(4,5)6/h7-10H,1-6H3. The van der Waals surface area contributed by atoms with Crippen LogP contribution in [0.1, 0.15) is 47.1 Å². The van der Waals surface area contributed by atoms with E-state index >= 15 is 0 Å². The molecule has 0 bridgehead atoms. The third kappa shape index (κ3) is 2.21. The molecule has 0 aliphatic carbocycles. The number of aromatic nitrogens is 2. The fraction of sp³-hybridized carbons (Fsp3) is 0.533. The molecule has 2 aromatic rings. The third-order valence-corrected chi connectivity index (χ3v) is 3.13. The molecule has 2 rings (SSSR count). The van der Waals surface area contributed by atoms with Crippen LogP contribution < -0.4 is 0 Å². The van der Waals surface area contributed by atoms with E-state index in [0.717, 1.165) is 5.52 Å². The third-order valence-electron chi connectivity index (χ3n) is 3.13. The largest absolute Gasteiger partial charge is 0.341 e. The first kappa shape index (κ1) is 12.2. The van der Waals surface area contributed by atoms with Crippen molar-refractivity contribution in [1.82, 2.24) is 9.55 Å². The van der Waals surface area contributed by atoms with Crippen LogP contribution >= 0.6 is 0 Å². The van der Waals surface area contributed by atoms with Gasteiger partial charge in [-0.1, -0.05) is 20.8 Å². The van der Waals surface area contributed by atoms with Gasteiger partial charge in [-0.15, -0.1) is 0 Å². The molecule has 0 radical (unpaired) electrons. The lowest BCUT2D eigenvalue weighted by Crippen LogP contribution is -2.21. The average molecular weight is 230 g/mol. The molecule has 0 saturated carbocycles. The van der Waals surface area contributed by atoms with Gasteiger partial charge in [0.15, 0.2) is 0 Å². The fourth-order valence-corrected chi connectivity index (χ4v) is 2.01. The Labute approximate surface area is 104 Å². The Kier molecular flexibility index (Phi) is 2.57. The second-order valence-corrected chi connectivity index (χ2v) is 6.73. The van der Waals surface area contributed by atoms with Gasteiger partial charge in [0.1, 0.15) is 0 Å². The Morgan fingerprint density at radius 1 is 1.06 bits per heavy atom. The minimum atomic E-state index is 0.0972. The van der Waals surface area contributed by atoms with Crippen LogP contribution in [-0.2, 0) is 11.0 Å². The highest BCUT2D eigenvalue weighted by Gasteiger charge is 2.19. The average Bonchev–Trinajstić information content (AvgIpc) is 2.57. The van der Waals surface area contributed by atoms with Gasteiger partial charge in [-0.05, 0) is 43.9 Å². The van der Waals surface area contributed by atoms with E-state index in [2.05, 4.69) is 69.4 Å². The molecule has 2 heterocycles. The molecule has 0 amide bonds. The molecular formula is C15H22N2. The van der Waals surface area contributed by atoms with Crippen molar-refractivity contribution in [1.29, 1.82) is 0 Å². The van der Waals surface area contributed by atoms with E-state index in [4.69, 9.17) is 0 Å². The van der Waals surface area contributed by atoms with Crippen molar-refractivity contribution >= 4 is 11.0 Å². The maximum atomic E-state index is 4.56. The summed E-state index contributed by atoms with van der Waals surface area (Å²) < 4.78 is 2.30. The topological polar surface area (TPSA) is 17.8 Å². The van der Waals surface area contributed by atoms with Crippen molar-refractivity contribution in [3.63, 3.8) is 0 Å². The van der Waals surface area contributed by atoms with Crippen LogP contribution in [0.15, 0.2) is 24.5 Å². The smallest absolute Gasteiger partial charge is 0.0881 e. The van der Waals surface area contributed by atoms with E-state index in [1.807, 2.05) is 6.20 Å². The highest BCUT2D eigenvalue weighted by atomic mass is 15.0. The number of fused-ring (bicyclic) bond motifs is 1. The summed E-state index contributed by atoms with van der Waals surface area (Å²) in [5.41, 5.74) is 3.83. The molecule has 0 atom stereocenters. The molecule has 0 aliphatic heterocycles. The minimum absolute atomic E-state index is 0.0972. The van der Waals surface area contributed by atoms with Crippen molar-refractivity contribution < 1.29 is 0 Å². The van der Waals surface area contributed by atoms with Gasteiger partial charge in [0.25, 0.3) is 0 Å². The van der Waals surface area contributed by atoms with Crippen molar-refractivity contribution in [3.8, 4) is 0 Å². The van der Waals surface area contributed by atoms with E-state index in [9.17, 15) is 0 Å². The Balaban J connectivity index is 2.67. The number of rotatable bonds is 0. The van der Waals surface area contributed by atoms with E-state index in [1.165, 1.54) is 11.1 Å². The quantitative estimate of drug-likeness (QED) is 0.666. The molecule has 2 heteroatoms. The maximum absolute atomic E-state index is 4.56. The van der Waals surface area contributed by atoms with Crippen LogP contribution in [-0.4, -0.2) is 9.55 Å². The number of pyridine rings is 1. The van der Waals surface area contributed by atoms with Crippen LogP contribution in [0, 0.1) is 0 Å². The molecule has 0 unspecified atom stereocenters. The monoisotopic (exact) mass is 230 g/mol. The highest BCUT2D eigenvalue weighted by Crippen LogP contribution is 2.27. The predicted octanol–water partition coefficient (Wildman–Crippen LogP) is 4.09. The SMILES string of the molecule is CC(C)(C)c1cnc2ccn(C(C)(C)C)c2c1. The fourth-order valence-electron chi connectivity index (χ4n) is 2.01.